The van der Waals surface area contributed by atoms with Gasteiger partial charge in [-0.1, -0.05) is 0 Å². The maximum Gasteiger partial charge on any atom is 0.310 e. The normalized spacial score (nSPS) is 32.2. The zero-order valence-corrected chi connectivity index (χ0v) is 8.16. The molecule has 2 heterocycles. The van der Waals surface area contributed by atoms with Gasteiger partial charge in [0.25, 0.3) is 0 Å². The van der Waals surface area contributed by atoms with Crippen molar-refractivity contribution in [3.8, 4) is 0 Å². The van der Waals surface area contributed by atoms with Crippen molar-refractivity contribution in [2.24, 2.45) is 5.92 Å². The third kappa shape index (κ3) is 1.48. The molecule has 5 heteroatoms. The average Bonchev–Trinajstić information content (AvgIpc) is 2.62. The molecule has 2 aliphatic heterocycles. The predicted molar refractivity (Wildman–Crippen MR) is 48.5 cm³/mol. The summed E-state index contributed by atoms with van der Waals surface area (Å²) in [5.74, 6) is -0.288. The number of nitrogens with zero attached hydrogens (tertiary/aromatic N) is 1. The topological polar surface area (TPSA) is 58.6 Å². The molecule has 14 heavy (non-hydrogen) atoms. The minimum atomic E-state index is -0.202. The lowest BCUT2D eigenvalue weighted by atomic mass is 10.1. The molecule has 0 aromatic rings. The standard InChI is InChI=1S/C9H14N2O3/c1-14-9(13)6-4-7-8(12)10-2-3-11(7)5-6/h6-7H,2-5H2,1H3,(H,10,12)/t6-,7-/m0/s1. The first kappa shape index (κ1) is 9.45. The van der Waals surface area contributed by atoms with E-state index >= 15 is 0 Å². The summed E-state index contributed by atoms with van der Waals surface area (Å²) in [5.41, 5.74) is 0. The number of fused-ring (bicyclic) bond motifs is 1. The largest absolute Gasteiger partial charge is 0.469 e. The van der Waals surface area contributed by atoms with Crippen molar-refractivity contribution in [3.05, 3.63) is 0 Å². The molecule has 78 valence electrons. The van der Waals surface area contributed by atoms with Crippen molar-refractivity contribution < 1.29 is 14.3 Å². The van der Waals surface area contributed by atoms with Crippen LogP contribution in [0.3, 0.4) is 0 Å². The van der Waals surface area contributed by atoms with Crippen LogP contribution in [0.1, 0.15) is 6.42 Å². The van der Waals surface area contributed by atoms with Gasteiger partial charge in [0, 0.05) is 19.6 Å². The van der Waals surface area contributed by atoms with E-state index in [9.17, 15) is 9.59 Å². The van der Waals surface area contributed by atoms with E-state index in [1.165, 1.54) is 7.11 Å². The SMILES string of the molecule is COC(=O)[C@H]1C[C@H]2C(=O)NCCN2C1. The van der Waals surface area contributed by atoms with E-state index in [4.69, 9.17) is 0 Å². The molecular weight excluding hydrogens is 184 g/mol. The van der Waals surface area contributed by atoms with E-state index in [1.54, 1.807) is 0 Å². The number of nitrogens with one attached hydrogen (secondary N) is 1. The van der Waals surface area contributed by atoms with Gasteiger partial charge in [0.1, 0.15) is 0 Å². The van der Waals surface area contributed by atoms with Crippen molar-refractivity contribution >= 4 is 11.9 Å². The highest BCUT2D eigenvalue weighted by atomic mass is 16.5. The maximum absolute atomic E-state index is 11.4. The molecule has 0 spiro atoms. The fraction of sp³-hybridized carbons (Fsp3) is 0.778. The molecule has 1 N–H and O–H groups in total. The molecule has 2 saturated heterocycles. The Morgan fingerprint density at radius 2 is 2.43 bits per heavy atom. The molecule has 0 aliphatic carbocycles. The number of methoxy groups -OCH3 is 1. The minimum absolute atomic E-state index is 0.0441. The Hall–Kier alpha value is -1.10. The van der Waals surface area contributed by atoms with Gasteiger partial charge in [0.05, 0.1) is 19.1 Å². The zero-order valence-electron chi connectivity index (χ0n) is 8.16. The number of piperazine rings is 1. The molecule has 2 aliphatic rings. The van der Waals surface area contributed by atoms with E-state index in [2.05, 4.69) is 15.0 Å². The van der Waals surface area contributed by atoms with Crippen LogP contribution in [0.4, 0.5) is 0 Å². The molecule has 5 nitrogen and oxygen atoms in total. The highest BCUT2D eigenvalue weighted by molar-refractivity contribution is 5.84. The molecule has 0 unspecified atom stereocenters. The van der Waals surface area contributed by atoms with Crippen molar-refractivity contribution in [1.82, 2.24) is 10.2 Å². The highest BCUT2D eigenvalue weighted by Gasteiger charge is 2.41. The summed E-state index contributed by atoms with van der Waals surface area (Å²) in [6.45, 7) is 2.18. The zero-order chi connectivity index (χ0) is 10.1. The molecule has 1 amide bonds. The molecule has 2 fully saturated rings. The number of carbonyl (C=O) groups excluding carboxylic acids is 2. The van der Waals surface area contributed by atoms with Crippen molar-refractivity contribution in [3.63, 3.8) is 0 Å². The van der Waals surface area contributed by atoms with E-state index < -0.39 is 0 Å². The van der Waals surface area contributed by atoms with Gasteiger partial charge in [0.15, 0.2) is 0 Å². The molecule has 0 radical (unpaired) electrons. The first-order valence-electron chi connectivity index (χ1n) is 4.82. The first-order valence-corrected chi connectivity index (χ1v) is 4.82. The second kappa shape index (κ2) is 3.57. The maximum atomic E-state index is 11.4. The number of carbonyl (C=O) groups is 2. The summed E-state index contributed by atoms with van der Waals surface area (Å²) < 4.78 is 4.68. The summed E-state index contributed by atoms with van der Waals surface area (Å²) in [7, 11) is 1.39. The summed E-state index contributed by atoms with van der Waals surface area (Å²) in [6, 6.07) is -0.118. The van der Waals surface area contributed by atoms with Gasteiger partial charge in [-0.05, 0) is 6.42 Å². The van der Waals surface area contributed by atoms with Gasteiger partial charge < -0.3 is 10.1 Å². The van der Waals surface area contributed by atoms with Gasteiger partial charge in [0.2, 0.25) is 5.91 Å². The Morgan fingerprint density at radius 3 is 3.07 bits per heavy atom. The average molecular weight is 198 g/mol. The molecule has 0 saturated carbocycles. The minimum Gasteiger partial charge on any atom is -0.469 e. The summed E-state index contributed by atoms with van der Waals surface area (Å²) in [5, 5.41) is 2.80. The monoisotopic (exact) mass is 198 g/mol. The Labute approximate surface area is 82.4 Å². The van der Waals surface area contributed by atoms with E-state index in [1.807, 2.05) is 0 Å². The van der Waals surface area contributed by atoms with Crippen molar-refractivity contribution in [2.45, 2.75) is 12.5 Å². The Bertz CT molecular complexity index is 267. The van der Waals surface area contributed by atoms with Crippen LogP contribution in [-0.2, 0) is 14.3 Å². The number of esters is 1. The van der Waals surface area contributed by atoms with Crippen LogP contribution in [0, 0.1) is 5.92 Å². The molecular formula is C9H14N2O3. The van der Waals surface area contributed by atoms with Gasteiger partial charge in [-0.2, -0.15) is 0 Å². The second-order valence-electron chi connectivity index (χ2n) is 3.76. The van der Waals surface area contributed by atoms with Gasteiger partial charge >= 0.3 is 5.97 Å². The van der Waals surface area contributed by atoms with E-state index in [0.717, 1.165) is 6.54 Å². The number of rotatable bonds is 1. The molecule has 2 atom stereocenters. The van der Waals surface area contributed by atoms with Gasteiger partial charge in [-0.25, -0.2) is 0 Å². The molecule has 2 rings (SSSR count). The summed E-state index contributed by atoms with van der Waals surface area (Å²) >= 11 is 0. The lowest BCUT2D eigenvalue weighted by molar-refractivity contribution is -0.144. The summed E-state index contributed by atoms with van der Waals surface area (Å²) in [6.07, 6.45) is 0.596. The van der Waals surface area contributed by atoms with E-state index in [0.29, 0.717) is 19.5 Å². The lowest BCUT2D eigenvalue weighted by Gasteiger charge is -2.28. The van der Waals surface area contributed by atoms with E-state index in [-0.39, 0.29) is 23.8 Å². The first-order chi connectivity index (χ1) is 6.72. The van der Waals surface area contributed by atoms with Crippen LogP contribution < -0.4 is 5.32 Å². The van der Waals surface area contributed by atoms with Crippen LogP contribution in [0.2, 0.25) is 0 Å². The third-order valence-corrected chi connectivity index (χ3v) is 2.94. The van der Waals surface area contributed by atoms with Gasteiger partial charge in [-0.3, -0.25) is 14.5 Å². The molecule has 0 aromatic carbocycles. The Morgan fingerprint density at radius 1 is 1.64 bits per heavy atom. The highest BCUT2D eigenvalue weighted by Crippen LogP contribution is 2.25. The van der Waals surface area contributed by atoms with Crippen LogP contribution >= 0.6 is 0 Å². The van der Waals surface area contributed by atoms with Crippen LogP contribution in [0.15, 0.2) is 0 Å². The number of ether oxygens (including phenoxy) is 1. The van der Waals surface area contributed by atoms with Crippen molar-refractivity contribution in [2.75, 3.05) is 26.7 Å². The van der Waals surface area contributed by atoms with Gasteiger partial charge in [-0.15, -0.1) is 0 Å². The lowest BCUT2D eigenvalue weighted by Crippen LogP contribution is -2.51. The van der Waals surface area contributed by atoms with Crippen LogP contribution in [-0.4, -0.2) is 49.6 Å². The number of hydrogen-bond donors (Lipinski definition) is 1. The van der Waals surface area contributed by atoms with Crippen molar-refractivity contribution in [1.29, 1.82) is 0 Å². The Balaban J connectivity index is 2.04. The number of amides is 1. The quantitative estimate of drug-likeness (QED) is 0.548. The fourth-order valence-electron chi connectivity index (χ4n) is 2.20. The second-order valence-corrected chi connectivity index (χ2v) is 3.76. The molecule has 0 aromatic heterocycles. The molecule has 0 bridgehead atoms. The Kier molecular flexibility index (Phi) is 2.41. The summed E-state index contributed by atoms with van der Waals surface area (Å²) in [4.78, 5) is 24.8. The smallest absolute Gasteiger partial charge is 0.310 e. The number of hydrogen-bond acceptors (Lipinski definition) is 4. The van der Waals surface area contributed by atoms with Crippen LogP contribution in [0.25, 0.3) is 0 Å². The fourth-order valence-corrected chi connectivity index (χ4v) is 2.20. The van der Waals surface area contributed by atoms with Crippen LogP contribution in [0.5, 0.6) is 0 Å². The third-order valence-electron chi connectivity index (χ3n) is 2.94. The predicted octanol–water partition coefficient (Wildman–Crippen LogP) is -1.02.